The number of ketones is 1. The molecule has 0 aromatic heterocycles. The lowest BCUT2D eigenvalue weighted by Crippen LogP contribution is -2.29. The Bertz CT molecular complexity index is 488. The van der Waals surface area contributed by atoms with E-state index >= 15 is 0 Å². The molecule has 18 heavy (non-hydrogen) atoms. The zero-order valence-electron chi connectivity index (χ0n) is 10.2. The van der Waals surface area contributed by atoms with E-state index in [0.717, 1.165) is 16.7 Å². The summed E-state index contributed by atoms with van der Waals surface area (Å²) in [6.07, 6.45) is 0.466. The second kappa shape index (κ2) is 5.52. The molecule has 0 atom stereocenters. The zero-order chi connectivity index (χ0) is 13.1. The van der Waals surface area contributed by atoms with E-state index in [0.29, 0.717) is 25.1 Å². The molecule has 0 spiro atoms. The highest BCUT2D eigenvalue weighted by Crippen LogP contribution is 2.25. The molecule has 0 radical (unpaired) electrons. The lowest BCUT2D eigenvalue weighted by atomic mass is 10.1. The number of rotatable bonds is 2. The Morgan fingerprint density at radius 1 is 1.39 bits per heavy atom. The number of halogens is 1. The van der Waals surface area contributed by atoms with Crippen molar-refractivity contribution in [3.05, 3.63) is 28.2 Å². The van der Waals surface area contributed by atoms with Crippen molar-refractivity contribution >= 4 is 33.3 Å². The lowest BCUT2D eigenvalue weighted by molar-refractivity contribution is -0.120. The number of anilines is 1. The summed E-state index contributed by atoms with van der Waals surface area (Å²) >= 11 is 3.38. The van der Waals surface area contributed by atoms with Gasteiger partial charge >= 0.3 is 0 Å². The largest absolute Gasteiger partial charge is 0.369 e. The Balaban J connectivity index is 2.31. The number of Topliss-reactive ketones (excluding diaryl/α,β-unsaturated/α-hetero) is 1. The van der Waals surface area contributed by atoms with Crippen molar-refractivity contribution in [1.82, 2.24) is 5.32 Å². The first-order valence-corrected chi connectivity index (χ1v) is 6.69. The van der Waals surface area contributed by atoms with Crippen LogP contribution < -0.4 is 10.2 Å². The maximum Gasteiger partial charge on any atom is 0.221 e. The molecule has 1 N–H and O–H groups in total. The molecule has 0 unspecified atom stereocenters. The van der Waals surface area contributed by atoms with Crippen LogP contribution in [0.25, 0.3) is 0 Å². The molecule has 96 valence electrons. The summed E-state index contributed by atoms with van der Waals surface area (Å²) in [5.41, 5.74) is 1.60. The van der Waals surface area contributed by atoms with Gasteiger partial charge < -0.3 is 10.2 Å². The summed E-state index contributed by atoms with van der Waals surface area (Å²) in [6, 6.07) is 5.68. The van der Waals surface area contributed by atoms with Gasteiger partial charge in [-0.2, -0.15) is 0 Å². The van der Waals surface area contributed by atoms with Gasteiger partial charge in [0.15, 0.2) is 5.78 Å². The third-order valence-corrected chi connectivity index (χ3v) is 3.48. The third kappa shape index (κ3) is 2.90. The molecule has 1 saturated heterocycles. The van der Waals surface area contributed by atoms with Crippen LogP contribution in [0.1, 0.15) is 23.7 Å². The van der Waals surface area contributed by atoms with Gasteiger partial charge in [-0.25, -0.2) is 0 Å². The van der Waals surface area contributed by atoms with E-state index in [4.69, 9.17) is 0 Å². The maximum absolute atomic E-state index is 11.7. The predicted octanol–water partition coefficient (Wildman–Crippen LogP) is 1.98. The summed E-state index contributed by atoms with van der Waals surface area (Å²) in [5.74, 6) is 0.105. The topological polar surface area (TPSA) is 49.4 Å². The fourth-order valence-electron chi connectivity index (χ4n) is 2.07. The van der Waals surface area contributed by atoms with Crippen LogP contribution >= 0.6 is 15.9 Å². The molecule has 0 aliphatic carbocycles. The first-order chi connectivity index (χ1) is 8.58. The van der Waals surface area contributed by atoms with Crippen molar-refractivity contribution in [2.24, 2.45) is 0 Å². The molecule has 2 rings (SSSR count). The molecule has 1 aliphatic heterocycles. The van der Waals surface area contributed by atoms with E-state index in [1.165, 1.54) is 0 Å². The average Bonchev–Trinajstić information content (AvgIpc) is 2.54. The molecule has 1 aromatic rings. The maximum atomic E-state index is 11.7. The van der Waals surface area contributed by atoms with Crippen LogP contribution in [0.15, 0.2) is 22.7 Å². The molecule has 5 heteroatoms. The van der Waals surface area contributed by atoms with E-state index in [1.807, 2.05) is 18.2 Å². The Kier molecular flexibility index (Phi) is 4.01. The number of hydrogen-bond acceptors (Lipinski definition) is 3. The van der Waals surface area contributed by atoms with Crippen LogP contribution in [0.5, 0.6) is 0 Å². The predicted molar refractivity (Wildman–Crippen MR) is 74.0 cm³/mol. The van der Waals surface area contributed by atoms with Crippen LogP contribution in [0, 0.1) is 0 Å². The normalized spacial score (nSPS) is 16.1. The second-order valence-electron chi connectivity index (χ2n) is 4.30. The molecule has 1 aliphatic rings. The highest BCUT2D eigenvalue weighted by Gasteiger charge is 2.18. The number of benzene rings is 1. The number of nitrogens with zero attached hydrogens (tertiary/aromatic N) is 1. The molecular weight excluding hydrogens is 296 g/mol. The number of carbonyl (C=O) groups excluding carboxylic acids is 2. The summed E-state index contributed by atoms with van der Waals surface area (Å²) in [7, 11) is 0. The molecule has 1 amide bonds. The van der Waals surface area contributed by atoms with Gasteiger partial charge in [0.25, 0.3) is 0 Å². The third-order valence-electron chi connectivity index (χ3n) is 2.99. The van der Waals surface area contributed by atoms with Gasteiger partial charge in [-0.05, 0) is 25.1 Å². The molecule has 1 fully saturated rings. The van der Waals surface area contributed by atoms with Gasteiger partial charge in [-0.15, -0.1) is 0 Å². The van der Waals surface area contributed by atoms with Crippen LogP contribution in [0.3, 0.4) is 0 Å². The van der Waals surface area contributed by atoms with E-state index < -0.39 is 0 Å². The molecule has 0 bridgehead atoms. The van der Waals surface area contributed by atoms with Gasteiger partial charge in [0, 0.05) is 41.8 Å². The van der Waals surface area contributed by atoms with Crippen molar-refractivity contribution in [3.8, 4) is 0 Å². The van der Waals surface area contributed by atoms with Crippen molar-refractivity contribution < 1.29 is 9.59 Å². The Morgan fingerprint density at radius 2 is 2.17 bits per heavy atom. The monoisotopic (exact) mass is 310 g/mol. The summed E-state index contributed by atoms with van der Waals surface area (Å²) in [6.45, 7) is 3.56. The van der Waals surface area contributed by atoms with E-state index in [1.54, 1.807) is 6.92 Å². The van der Waals surface area contributed by atoms with Gasteiger partial charge in [0.05, 0.1) is 0 Å². The highest BCUT2D eigenvalue weighted by atomic mass is 79.9. The Hall–Kier alpha value is -1.36. The number of nitrogens with one attached hydrogen (secondary N) is 1. The fourth-order valence-corrected chi connectivity index (χ4v) is 2.43. The first-order valence-electron chi connectivity index (χ1n) is 5.90. The summed E-state index contributed by atoms with van der Waals surface area (Å²) in [5, 5.41) is 2.83. The van der Waals surface area contributed by atoms with Crippen LogP contribution in [0.4, 0.5) is 5.69 Å². The molecule has 1 aromatic carbocycles. The van der Waals surface area contributed by atoms with E-state index in [2.05, 4.69) is 26.1 Å². The van der Waals surface area contributed by atoms with Gasteiger partial charge in [-0.3, -0.25) is 9.59 Å². The van der Waals surface area contributed by atoms with Gasteiger partial charge in [0.2, 0.25) is 5.91 Å². The molecule has 0 saturated carbocycles. The number of carbonyl (C=O) groups is 2. The van der Waals surface area contributed by atoms with Crippen LogP contribution in [0.2, 0.25) is 0 Å². The molecular formula is C13H15BrN2O2. The van der Waals surface area contributed by atoms with E-state index in [-0.39, 0.29) is 11.7 Å². The minimum atomic E-state index is 0.0369. The van der Waals surface area contributed by atoms with Crippen LogP contribution in [-0.4, -0.2) is 31.3 Å². The number of amides is 1. The SMILES string of the molecule is CC(=O)c1cc(Br)ccc1N1CCNC(=O)CC1. The summed E-state index contributed by atoms with van der Waals surface area (Å²) in [4.78, 5) is 25.1. The quantitative estimate of drug-likeness (QED) is 0.850. The first kappa shape index (κ1) is 13.1. The standard InChI is InChI=1S/C13H15BrN2O2/c1-9(17)11-8-10(14)2-3-12(11)16-6-4-13(18)15-5-7-16/h2-3,8H,4-7H2,1H3,(H,15,18). The molecule has 4 nitrogen and oxygen atoms in total. The molecule has 1 heterocycles. The van der Waals surface area contributed by atoms with Gasteiger partial charge in [-0.1, -0.05) is 15.9 Å². The summed E-state index contributed by atoms with van der Waals surface area (Å²) < 4.78 is 0.889. The second-order valence-corrected chi connectivity index (χ2v) is 5.22. The Morgan fingerprint density at radius 3 is 2.89 bits per heavy atom. The fraction of sp³-hybridized carbons (Fsp3) is 0.385. The van der Waals surface area contributed by atoms with Crippen molar-refractivity contribution in [2.45, 2.75) is 13.3 Å². The van der Waals surface area contributed by atoms with Crippen LogP contribution in [-0.2, 0) is 4.79 Å². The van der Waals surface area contributed by atoms with Gasteiger partial charge in [0.1, 0.15) is 0 Å². The zero-order valence-corrected chi connectivity index (χ0v) is 11.8. The highest BCUT2D eigenvalue weighted by molar-refractivity contribution is 9.10. The minimum absolute atomic E-state index is 0.0369. The van der Waals surface area contributed by atoms with Crippen molar-refractivity contribution in [1.29, 1.82) is 0 Å². The minimum Gasteiger partial charge on any atom is -0.369 e. The lowest BCUT2D eigenvalue weighted by Gasteiger charge is -2.24. The Labute approximate surface area is 114 Å². The van der Waals surface area contributed by atoms with Crippen molar-refractivity contribution in [2.75, 3.05) is 24.5 Å². The number of hydrogen-bond donors (Lipinski definition) is 1. The smallest absolute Gasteiger partial charge is 0.221 e. The van der Waals surface area contributed by atoms with Crippen molar-refractivity contribution in [3.63, 3.8) is 0 Å². The average molecular weight is 311 g/mol. The van der Waals surface area contributed by atoms with E-state index in [9.17, 15) is 9.59 Å².